The van der Waals surface area contributed by atoms with Crippen LogP contribution in [0.2, 0.25) is 0 Å². The molecule has 0 saturated carbocycles. The molecule has 0 aromatic carbocycles. The summed E-state index contributed by atoms with van der Waals surface area (Å²) in [5.74, 6) is 1.26. The van der Waals surface area contributed by atoms with E-state index in [1.165, 1.54) is 0 Å². The molecule has 1 fully saturated rings. The highest BCUT2D eigenvalue weighted by atomic mass is 32.2. The van der Waals surface area contributed by atoms with E-state index in [2.05, 4.69) is 34.4 Å². The average molecular weight is 340 g/mol. The second kappa shape index (κ2) is 7.63. The van der Waals surface area contributed by atoms with Crippen molar-refractivity contribution < 1.29 is 13.2 Å². The van der Waals surface area contributed by atoms with Crippen LogP contribution in [0.15, 0.2) is 18.3 Å². The molecule has 128 valence electrons. The summed E-state index contributed by atoms with van der Waals surface area (Å²) in [5.41, 5.74) is 0.609. The fraction of sp³-hybridized carbons (Fsp3) is 0.600. The third-order valence-corrected chi connectivity index (χ3v) is 5.81. The number of pyridine rings is 1. The van der Waals surface area contributed by atoms with E-state index in [4.69, 9.17) is 0 Å². The molecule has 2 rings (SSSR count). The largest absolute Gasteiger partial charge is 0.357 e. The van der Waals surface area contributed by atoms with Crippen molar-refractivity contribution in [1.29, 1.82) is 0 Å². The van der Waals surface area contributed by atoms with Crippen LogP contribution in [-0.4, -0.2) is 50.6 Å². The topological polar surface area (TPSA) is 91.4 Å². The summed E-state index contributed by atoms with van der Waals surface area (Å²) in [6.07, 6.45) is 2.23. The number of anilines is 2. The van der Waals surface area contributed by atoms with Gasteiger partial charge in [0.25, 0.3) is 0 Å². The van der Waals surface area contributed by atoms with Gasteiger partial charge in [0.2, 0.25) is 0 Å². The molecule has 1 aliphatic heterocycles. The van der Waals surface area contributed by atoms with E-state index in [-0.39, 0.29) is 23.5 Å². The first-order chi connectivity index (χ1) is 10.9. The van der Waals surface area contributed by atoms with Gasteiger partial charge in [0.15, 0.2) is 9.84 Å². The second-order valence-electron chi connectivity index (χ2n) is 5.68. The maximum Gasteiger partial charge on any atom is 0.319 e. The van der Waals surface area contributed by atoms with Gasteiger partial charge >= 0.3 is 6.03 Å². The van der Waals surface area contributed by atoms with E-state index in [9.17, 15) is 13.2 Å². The van der Waals surface area contributed by atoms with Crippen LogP contribution in [0.4, 0.5) is 16.3 Å². The molecule has 1 atom stereocenters. The third kappa shape index (κ3) is 5.09. The lowest BCUT2D eigenvalue weighted by molar-refractivity contribution is 0.250. The number of nitrogens with one attached hydrogen (secondary N) is 2. The van der Waals surface area contributed by atoms with Gasteiger partial charge in [-0.15, -0.1) is 0 Å². The number of aromatic nitrogens is 1. The molecule has 8 heteroatoms. The van der Waals surface area contributed by atoms with Crippen molar-refractivity contribution in [3.63, 3.8) is 0 Å². The van der Waals surface area contributed by atoms with E-state index in [1.807, 2.05) is 6.07 Å². The van der Waals surface area contributed by atoms with Gasteiger partial charge in [-0.1, -0.05) is 0 Å². The summed E-state index contributed by atoms with van der Waals surface area (Å²) >= 11 is 0. The van der Waals surface area contributed by atoms with Gasteiger partial charge < -0.3 is 15.5 Å². The van der Waals surface area contributed by atoms with Gasteiger partial charge in [-0.2, -0.15) is 0 Å². The molecule has 2 N–H and O–H groups in total. The summed E-state index contributed by atoms with van der Waals surface area (Å²) in [6, 6.07) is 3.33. The van der Waals surface area contributed by atoms with E-state index in [0.29, 0.717) is 18.7 Å². The number of rotatable bonds is 6. The van der Waals surface area contributed by atoms with Gasteiger partial charge in [0, 0.05) is 19.6 Å². The summed E-state index contributed by atoms with van der Waals surface area (Å²) in [7, 11) is -2.91. The van der Waals surface area contributed by atoms with Gasteiger partial charge in [-0.3, -0.25) is 0 Å². The zero-order chi connectivity index (χ0) is 16.9. The van der Waals surface area contributed by atoms with E-state index < -0.39 is 9.84 Å². The molecule has 2 amide bonds. The number of sulfone groups is 1. The molecule has 0 unspecified atom stereocenters. The smallest absolute Gasteiger partial charge is 0.319 e. The van der Waals surface area contributed by atoms with Crippen molar-refractivity contribution in [2.24, 2.45) is 5.92 Å². The number of urea groups is 1. The first-order valence-electron chi connectivity index (χ1n) is 7.89. The second-order valence-corrected chi connectivity index (χ2v) is 7.91. The molecule has 1 aromatic rings. The predicted molar refractivity (Wildman–Crippen MR) is 91.6 cm³/mol. The van der Waals surface area contributed by atoms with Crippen LogP contribution in [0, 0.1) is 5.92 Å². The highest BCUT2D eigenvalue weighted by Crippen LogP contribution is 2.17. The number of hydrogen-bond acceptors (Lipinski definition) is 5. The quantitative estimate of drug-likeness (QED) is 0.818. The molecular formula is C15H24N4O3S. The molecule has 1 saturated heterocycles. The van der Waals surface area contributed by atoms with Crippen molar-refractivity contribution in [2.75, 3.05) is 41.4 Å². The van der Waals surface area contributed by atoms with Crippen molar-refractivity contribution >= 4 is 27.4 Å². The molecule has 0 bridgehead atoms. The number of carbonyl (C=O) groups is 1. The maximum atomic E-state index is 11.9. The van der Waals surface area contributed by atoms with Crippen molar-refractivity contribution in [2.45, 2.75) is 20.3 Å². The summed E-state index contributed by atoms with van der Waals surface area (Å²) in [5, 5.41) is 5.43. The van der Waals surface area contributed by atoms with Crippen LogP contribution < -0.4 is 15.5 Å². The predicted octanol–water partition coefficient (Wildman–Crippen LogP) is 1.48. The number of hydrogen-bond donors (Lipinski definition) is 2. The maximum absolute atomic E-state index is 11.9. The molecule has 0 spiro atoms. The van der Waals surface area contributed by atoms with Crippen LogP contribution in [0.3, 0.4) is 0 Å². The lowest BCUT2D eigenvalue weighted by Crippen LogP contribution is -2.33. The number of carbonyl (C=O) groups excluding carboxylic acids is 1. The lowest BCUT2D eigenvalue weighted by atomic mass is 10.1. The molecule has 0 aliphatic carbocycles. The monoisotopic (exact) mass is 340 g/mol. The minimum Gasteiger partial charge on any atom is -0.357 e. The zero-order valence-electron chi connectivity index (χ0n) is 13.6. The van der Waals surface area contributed by atoms with E-state index in [0.717, 1.165) is 18.9 Å². The Bertz CT molecular complexity index is 627. The minimum absolute atomic E-state index is 0.00826. The van der Waals surface area contributed by atoms with Crippen molar-refractivity contribution in [1.82, 2.24) is 10.3 Å². The van der Waals surface area contributed by atoms with Crippen LogP contribution in [-0.2, 0) is 9.84 Å². The Morgan fingerprint density at radius 3 is 2.61 bits per heavy atom. The fourth-order valence-corrected chi connectivity index (χ4v) is 4.50. The van der Waals surface area contributed by atoms with Crippen LogP contribution >= 0.6 is 0 Å². The fourth-order valence-electron chi connectivity index (χ4n) is 2.64. The summed E-state index contributed by atoms with van der Waals surface area (Å²) in [6.45, 7) is 6.25. The molecule has 7 nitrogen and oxygen atoms in total. The Labute approximate surface area is 137 Å². The van der Waals surface area contributed by atoms with Crippen LogP contribution in [0.5, 0.6) is 0 Å². The van der Waals surface area contributed by atoms with Gasteiger partial charge in [-0.25, -0.2) is 18.2 Å². The standard InChI is InChI=1S/C15H24N4O3S/c1-3-19(4-2)14-6-5-13(10-16-14)18-15(20)17-9-12-7-8-23(21,22)11-12/h5-6,10,12H,3-4,7-9,11H2,1-2H3,(H2,17,18,20)/t12-/m1/s1. The first kappa shape index (κ1) is 17.5. The Morgan fingerprint density at radius 1 is 1.35 bits per heavy atom. The van der Waals surface area contributed by atoms with Gasteiger partial charge in [0.1, 0.15) is 5.82 Å². The Morgan fingerprint density at radius 2 is 2.09 bits per heavy atom. The summed E-state index contributed by atoms with van der Waals surface area (Å²) in [4.78, 5) is 18.3. The SMILES string of the molecule is CCN(CC)c1ccc(NC(=O)NC[C@H]2CCS(=O)(=O)C2)cn1. The average Bonchev–Trinajstić information content (AvgIpc) is 2.87. The molecule has 2 heterocycles. The Kier molecular flexibility index (Phi) is 5.81. The van der Waals surface area contributed by atoms with Crippen molar-refractivity contribution in [3.05, 3.63) is 18.3 Å². The molecule has 0 radical (unpaired) electrons. The van der Waals surface area contributed by atoms with E-state index >= 15 is 0 Å². The number of amides is 2. The third-order valence-electron chi connectivity index (χ3n) is 3.97. The Hall–Kier alpha value is -1.83. The lowest BCUT2D eigenvalue weighted by Gasteiger charge is -2.19. The molecule has 1 aliphatic rings. The molecule has 23 heavy (non-hydrogen) atoms. The summed E-state index contributed by atoms with van der Waals surface area (Å²) < 4.78 is 22.7. The number of nitrogens with zero attached hydrogens (tertiary/aromatic N) is 2. The Balaban J connectivity index is 1.81. The molecular weight excluding hydrogens is 316 g/mol. The van der Waals surface area contributed by atoms with E-state index in [1.54, 1.807) is 12.3 Å². The first-order valence-corrected chi connectivity index (χ1v) is 9.72. The normalized spacial score (nSPS) is 19.3. The minimum atomic E-state index is -2.91. The molecule has 1 aromatic heterocycles. The van der Waals surface area contributed by atoms with Crippen molar-refractivity contribution in [3.8, 4) is 0 Å². The van der Waals surface area contributed by atoms with Gasteiger partial charge in [-0.05, 0) is 38.3 Å². The van der Waals surface area contributed by atoms with Gasteiger partial charge in [0.05, 0.1) is 23.4 Å². The highest BCUT2D eigenvalue weighted by Gasteiger charge is 2.27. The van der Waals surface area contributed by atoms with Crippen LogP contribution in [0.25, 0.3) is 0 Å². The highest BCUT2D eigenvalue weighted by molar-refractivity contribution is 7.91. The zero-order valence-corrected chi connectivity index (χ0v) is 14.4. The van der Waals surface area contributed by atoms with Crippen LogP contribution in [0.1, 0.15) is 20.3 Å².